The van der Waals surface area contributed by atoms with E-state index in [2.05, 4.69) is 5.32 Å². The number of nitrogens with two attached hydrogens (primary N) is 1. The number of nitrogens with one attached hydrogen (secondary N) is 1. The van der Waals surface area contributed by atoms with Crippen LogP contribution >= 0.6 is 0 Å². The van der Waals surface area contributed by atoms with E-state index >= 15 is 0 Å². The van der Waals surface area contributed by atoms with Crippen molar-refractivity contribution < 1.29 is 14.3 Å². The first-order chi connectivity index (χ1) is 7.74. The molecule has 4 N–H and O–H groups in total. The Balaban J connectivity index is 2.30. The molecule has 5 nitrogen and oxygen atoms in total. The first-order valence-corrected chi connectivity index (χ1v) is 5.42. The lowest BCUT2D eigenvalue weighted by Crippen LogP contribution is -2.36. The van der Waals surface area contributed by atoms with Gasteiger partial charge >= 0.3 is 5.97 Å². The van der Waals surface area contributed by atoms with Crippen LogP contribution in [0, 0.1) is 0 Å². The molecule has 1 aromatic rings. The first-order valence-electron chi connectivity index (χ1n) is 5.42. The lowest BCUT2D eigenvalue weighted by Gasteiger charge is -2.12. The molecule has 0 fully saturated rings. The number of rotatable bonds is 8. The van der Waals surface area contributed by atoms with Crippen molar-refractivity contribution >= 4 is 5.97 Å². The van der Waals surface area contributed by atoms with Gasteiger partial charge in [-0.3, -0.25) is 10.1 Å². The molecule has 1 rings (SSSR count). The van der Waals surface area contributed by atoms with Crippen LogP contribution in [0.4, 0.5) is 0 Å². The van der Waals surface area contributed by atoms with Crippen LogP contribution in [0.25, 0.3) is 0 Å². The minimum Gasteiger partial charge on any atom is -0.480 e. The molecular formula is C11H18N2O3. The van der Waals surface area contributed by atoms with E-state index in [4.69, 9.17) is 15.3 Å². The fourth-order valence-electron chi connectivity index (χ4n) is 1.44. The van der Waals surface area contributed by atoms with Crippen molar-refractivity contribution in [1.82, 2.24) is 5.32 Å². The van der Waals surface area contributed by atoms with Gasteiger partial charge in [-0.05, 0) is 31.5 Å². The molecule has 0 saturated heterocycles. The Morgan fingerprint density at radius 2 is 2.38 bits per heavy atom. The highest BCUT2D eigenvalue weighted by molar-refractivity contribution is 5.73. The van der Waals surface area contributed by atoms with Crippen molar-refractivity contribution in [2.75, 3.05) is 6.54 Å². The molecule has 0 bridgehead atoms. The molecule has 0 unspecified atom stereocenters. The molecule has 5 heteroatoms. The van der Waals surface area contributed by atoms with Gasteiger partial charge in [0.1, 0.15) is 11.8 Å². The van der Waals surface area contributed by atoms with Crippen LogP contribution in [0.15, 0.2) is 22.8 Å². The summed E-state index contributed by atoms with van der Waals surface area (Å²) in [5, 5.41) is 11.9. The second-order valence-corrected chi connectivity index (χ2v) is 3.64. The van der Waals surface area contributed by atoms with E-state index in [1.165, 1.54) is 0 Å². The summed E-state index contributed by atoms with van der Waals surface area (Å²) in [5.74, 6) is -0.0892. The van der Waals surface area contributed by atoms with E-state index < -0.39 is 12.0 Å². The molecular weight excluding hydrogens is 208 g/mol. The second kappa shape index (κ2) is 7.03. The molecule has 0 aliphatic heterocycles. The standard InChI is InChI=1S/C11H18N2O3/c12-6-2-1-5-10(11(14)15)13-8-9-4-3-7-16-9/h3-4,7,10,13H,1-2,5-6,8,12H2,(H,14,15)/t10-/m0/s1. The van der Waals surface area contributed by atoms with Gasteiger partial charge in [-0.25, -0.2) is 0 Å². The van der Waals surface area contributed by atoms with E-state index in [9.17, 15) is 4.79 Å². The number of carbonyl (C=O) groups is 1. The fraction of sp³-hybridized carbons (Fsp3) is 0.545. The predicted octanol–water partition coefficient (Wildman–Crippen LogP) is 0.951. The number of hydrogen-bond acceptors (Lipinski definition) is 4. The summed E-state index contributed by atoms with van der Waals surface area (Å²) in [6.07, 6.45) is 3.83. The van der Waals surface area contributed by atoms with Crippen LogP contribution < -0.4 is 11.1 Å². The maximum Gasteiger partial charge on any atom is 0.320 e. The lowest BCUT2D eigenvalue weighted by molar-refractivity contribution is -0.139. The zero-order valence-electron chi connectivity index (χ0n) is 9.19. The highest BCUT2D eigenvalue weighted by Gasteiger charge is 2.16. The Morgan fingerprint density at radius 3 is 2.94 bits per heavy atom. The lowest BCUT2D eigenvalue weighted by atomic mass is 10.1. The normalized spacial score (nSPS) is 12.6. The van der Waals surface area contributed by atoms with Gasteiger partial charge in [0, 0.05) is 0 Å². The Bertz CT molecular complexity index is 298. The molecule has 0 aliphatic rings. The van der Waals surface area contributed by atoms with E-state index in [-0.39, 0.29) is 0 Å². The Labute approximate surface area is 94.6 Å². The first kappa shape index (κ1) is 12.7. The van der Waals surface area contributed by atoms with Crippen molar-refractivity contribution in [1.29, 1.82) is 0 Å². The van der Waals surface area contributed by atoms with E-state index in [0.29, 0.717) is 19.5 Å². The van der Waals surface area contributed by atoms with E-state index in [1.807, 2.05) is 6.07 Å². The molecule has 0 radical (unpaired) electrons. The molecule has 0 spiro atoms. The quantitative estimate of drug-likeness (QED) is 0.574. The number of carboxylic acid groups (broad SMARTS) is 1. The van der Waals surface area contributed by atoms with Crippen LogP contribution in [-0.4, -0.2) is 23.7 Å². The molecule has 0 aromatic carbocycles. The third kappa shape index (κ3) is 4.46. The molecule has 0 amide bonds. The number of furan rings is 1. The van der Waals surface area contributed by atoms with E-state index in [0.717, 1.165) is 18.6 Å². The Morgan fingerprint density at radius 1 is 1.56 bits per heavy atom. The van der Waals surface area contributed by atoms with E-state index in [1.54, 1.807) is 12.3 Å². The molecule has 16 heavy (non-hydrogen) atoms. The number of aliphatic carboxylic acids is 1. The van der Waals surface area contributed by atoms with Crippen LogP contribution in [0.3, 0.4) is 0 Å². The van der Waals surface area contributed by atoms with Crippen molar-refractivity contribution in [3.63, 3.8) is 0 Å². The monoisotopic (exact) mass is 226 g/mol. The zero-order valence-corrected chi connectivity index (χ0v) is 9.19. The summed E-state index contributed by atoms with van der Waals surface area (Å²) < 4.78 is 5.11. The summed E-state index contributed by atoms with van der Waals surface area (Å²) in [5.41, 5.74) is 5.36. The third-order valence-corrected chi connectivity index (χ3v) is 2.35. The van der Waals surface area contributed by atoms with Gasteiger partial charge in [0.2, 0.25) is 0 Å². The molecule has 0 saturated carbocycles. The highest BCUT2D eigenvalue weighted by Crippen LogP contribution is 2.04. The topological polar surface area (TPSA) is 88.5 Å². The number of carboxylic acids is 1. The third-order valence-electron chi connectivity index (χ3n) is 2.35. The van der Waals surface area contributed by atoms with Crippen molar-refractivity contribution in [2.45, 2.75) is 31.8 Å². The maximum atomic E-state index is 10.9. The molecule has 90 valence electrons. The predicted molar refractivity (Wildman–Crippen MR) is 59.9 cm³/mol. The maximum absolute atomic E-state index is 10.9. The van der Waals surface area contributed by atoms with Crippen LogP contribution in [0.5, 0.6) is 0 Å². The van der Waals surface area contributed by atoms with Gasteiger partial charge in [-0.1, -0.05) is 6.42 Å². The molecule has 1 heterocycles. The van der Waals surface area contributed by atoms with Gasteiger partial charge in [-0.2, -0.15) is 0 Å². The summed E-state index contributed by atoms with van der Waals surface area (Å²) in [7, 11) is 0. The van der Waals surface area contributed by atoms with Crippen molar-refractivity contribution in [2.24, 2.45) is 5.73 Å². The largest absolute Gasteiger partial charge is 0.480 e. The van der Waals surface area contributed by atoms with Crippen molar-refractivity contribution in [3.8, 4) is 0 Å². The molecule has 1 atom stereocenters. The minimum absolute atomic E-state index is 0.437. The van der Waals surface area contributed by atoms with Crippen LogP contribution in [0.1, 0.15) is 25.0 Å². The summed E-state index contributed by atoms with van der Waals surface area (Å²) in [4.78, 5) is 10.9. The molecule has 1 aromatic heterocycles. The van der Waals surface area contributed by atoms with Gasteiger partial charge in [0.05, 0.1) is 12.8 Å². The number of hydrogen-bond donors (Lipinski definition) is 3. The molecule has 0 aliphatic carbocycles. The summed E-state index contributed by atoms with van der Waals surface area (Å²) in [6, 6.07) is 3.06. The van der Waals surface area contributed by atoms with Gasteiger partial charge in [0.25, 0.3) is 0 Å². The average molecular weight is 226 g/mol. The SMILES string of the molecule is NCCCC[C@H](NCc1ccco1)C(=O)O. The Kier molecular flexibility index (Phi) is 5.60. The highest BCUT2D eigenvalue weighted by atomic mass is 16.4. The van der Waals surface area contributed by atoms with Crippen LogP contribution in [0.2, 0.25) is 0 Å². The zero-order chi connectivity index (χ0) is 11.8. The van der Waals surface area contributed by atoms with Gasteiger partial charge in [0.15, 0.2) is 0 Å². The van der Waals surface area contributed by atoms with Crippen LogP contribution in [-0.2, 0) is 11.3 Å². The fourth-order valence-corrected chi connectivity index (χ4v) is 1.44. The van der Waals surface area contributed by atoms with Gasteiger partial charge in [-0.15, -0.1) is 0 Å². The number of unbranched alkanes of at least 4 members (excludes halogenated alkanes) is 1. The minimum atomic E-state index is -0.830. The average Bonchev–Trinajstić information content (AvgIpc) is 2.75. The summed E-state index contributed by atoms with van der Waals surface area (Å²) >= 11 is 0. The van der Waals surface area contributed by atoms with Crippen molar-refractivity contribution in [3.05, 3.63) is 24.2 Å². The van der Waals surface area contributed by atoms with Gasteiger partial charge < -0.3 is 15.3 Å². The summed E-state index contributed by atoms with van der Waals surface area (Å²) in [6.45, 7) is 1.04. The Hall–Kier alpha value is -1.33. The smallest absolute Gasteiger partial charge is 0.320 e. The second-order valence-electron chi connectivity index (χ2n) is 3.64.